The van der Waals surface area contributed by atoms with Crippen molar-refractivity contribution in [2.75, 3.05) is 0 Å². The van der Waals surface area contributed by atoms with Gasteiger partial charge in [-0.1, -0.05) is 48.5 Å². The van der Waals surface area contributed by atoms with Gasteiger partial charge >= 0.3 is 0 Å². The Morgan fingerprint density at radius 2 is 0.792 bits per heavy atom. The molecule has 0 atom stereocenters. The third-order valence-electron chi connectivity index (χ3n) is 11.5. The van der Waals surface area contributed by atoms with Crippen molar-refractivity contribution >= 4 is 17.4 Å². The summed E-state index contributed by atoms with van der Waals surface area (Å²) in [6.07, 6.45) is 2.29. The molecular formula is C43H44N4O. The minimum Gasteiger partial charge on any atom is -0.361 e. The van der Waals surface area contributed by atoms with Gasteiger partial charge in [0.25, 0.3) is 0 Å². The van der Waals surface area contributed by atoms with Crippen LogP contribution < -0.4 is 0 Å². The molecule has 0 amide bonds. The highest BCUT2D eigenvalue weighted by molar-refractivity contribution is 6.20. The second-order valence-corrected chi connectivity index (χ2v) is 15.8. The van der Waals surface area contributed by atoms with Gasteiger partial charge in [0.2, 0.25) is 0 Å². The molecule has 0 saturated heterocycles. The smallest absolute Gasteiger partial charge is 0.194 e. The predicted molar refractivity (Wildman–Crippen MR) is 195 cm³/mol. The number of carbonyl (C=O) groups excluding carboxylic acids is 1. The fourth-order valence-corrected chi connectivity index (χ4v) is 7.81. The first-order valence-corrected chi connectivity index (χ1v) is 17.0. The van der Waals surface area contributed by atoms with Crippen LogP contribution in [0.15, 0.2) is 91.0 Å². The minimum absolute atomic E-state index is 0.0771. The normalized spacial score (nSPS) is 18.2. The number of fused-ring (bicyclic) bond motifs is 10. The Morgan fingerprint density at radius 1 is 0.438 bits per heavy atom. The van der Waals surface area contributed by atoms with Crippen molar-refractivity contribution in [1.29, 1.82) is 0 Å². The molecule has 48 heavy (non-hydrogen) atoms. The van der Waals surface area contributed by atoms with E-state index >= 15 is 0 Å². The van der Waals surface area contributed by atoms with Crippen LogP contribution in [0.3, 0.4) is 0 Å². The van der Waals surface area contributed by atoms with Crippen LogP contribution in [-0.2, 0) is 21.7 Å². The molecule has 0 unspecified atom stereocenters. The van der Waals surface area contributed by atoms with Crippen molar-refractivity contribution < 1.29 is 4.79 Å². The van der Waals surface area contributed by atoms with Crippen LogP contribution in [-0.4, -0.2) is 25.7 Å². The predicted octanol–water partition coefficient (Wildman–Crippen LogP) is 9.75. The topological polar surface area (TPSA) is 80.2 Å². The second kappa shape index (κ2) is 9.99. The Balaban J connectivity index is 1.39. The monoisotopic (exact) mass is 632 g/mol. The zero-order valence-electron chi connectivity index (χ0n) is 29.1. The van der Waals surface area contributed by atoms with E-state index in [9.17, 15) is 4.79 Å². The molecule has 6 aromatic rings. The largest absolute Gasteiger partial charge is 0.361 e. The number of benzene rings is 2. The molecule has 5 heteroatoms. The van der Waals surface area contributed by atoms with E-state index in [1.165, 1.54) is 17.1 Å². The molecule has 5 heterocycles. The maximum atomic E-state index is 13.6. The number of carbonyl (C=O) groups is 1. The molecule has 8 bridgehead atoms. The lowest BCUT2D eigenvalue weighted by Crippen LogP contribution is -2.26. The first-order valence-electron chi connectivity index (χ1n) is 17.0. The quantitative estimate of drug-likeness (QED) is 0.143. The van der Waals surface area contributed by atoms with Crippen LogP contribution in [0.1, 0.15) is 134 Å². The van der Waals surface area contributed by atoms with Gasteiger partial charge in [-0.3, -0.25) is 4.79 Å². The van der Waals surface area contributed by atoms with Crippen molar-refractivity contribution in [1.82, 2.24) is 19.9 Å². The van der Waals surface area contributed by atoms with Gasteiger partial charge in [-0.25, -0.2) is 0 Å². The Hall–Kier alpha value is -5.03. The first-order chi connectivity index (χ1) is 22.7. The SMILES string of the molecule is CC1(C)c2ccc([nH]2)C(C)(C)c2ccc([nH]2)C(C)(C)c2[nH]c(cc2C=C2c3ccccc3C(=O)c3ccccc32)C(C)(C)c2ccc1[nH]2. The molecular weight excluding hydrogens is 589 g/mol. The number of nitrogens with one attached hydrogen (secondary N) is 4. The zero-order valence-corrected chi connectivity index (χ0v) is 29.1. The van der Waals surface area contributed by atoms with E-state index in [1.807, 2.05) is 36.4 Å². The molecule has 0 fully saturated rings. The van der Waals surface area contributed by atoms with Crippen molar-refractivity contribution in [3.8, 4) is 0 Å². The van der Waals surface area contributed by atoms with Crippen molar-refractivity contribution in [3.63, 3.8) is 0 Å². The van der Waals surface area contributed by atoms with Gasteiger partial charge in [0.15, 0.2) is 5.78 Å². The first kappa shape index (κ1) is 30.3. The Labute approximate surface area is 282 Å². The summed E-state index contributed by atoms with van der Waals surface area (Å²) in [6, 6.07) is 31.8. The number of aromatic nitrogens is 4. The summed E-state index contributed by atoms with van der Waals surface area (Å²) in [5.74, 6) is 0.0771. The van der Waals surface area contributed by atoms with Gasteiger partial charge in [0, 0.05) is 78.3 Å². The average Bonchev–Trinajstić information content (AvgIpc) is 3.89. The van der Waals surface area contributed by atoms with E-state index in [2.05, 4.69) is 136 Å². The summed E-state index contributed by atoms with van der Waals surface area (Å²) in [4.78, 5) is 29.1. The lowest BCUT2D eigenvalue weighted by atomic mass is 9.79. The molecule has 1 aliphatic carbocycles. The fourth-order valence-electron chi connectivity index (χ4n) is 7.81. The number of aromatic amines is 4. The summed E-state index contributed by atoms with van der Waals surface area (Å²) in [5.41, 5.74) is 13.5. The third kappa shape index (κ3) is 4.26. The van der Waals surface area contributed by atoms with Gasteiger partial charge in [0.05, 0.1) is 0 Å². The van der Waals surface area contributed by atoms with Gasteiger partial charge in [-0.15, -0.1) is 0 Å². The number of ketones is 1. The minimum atomic E-state index is -0.403. The van der Waals surface area contributed by atoms with E-state index in [1.54, 1.807) is 0 Å². The molecule has 4 N–H and O–H groups in total. The van der Waals surface area contributed by atoms with Crippen LogP contribution in [0.4, 0.5) is 0 Å². The summed E-state index contributed by atoms with van der Waals surface area (Å²) in [5, 5.41) is 0. The Kier molecular flexibility index (Phi) is 6.31. The molecule has 0 spiro atoms. The van der Waals surface area contributed by atoms with E-state index in [-0.39, 0.29) is 22.0 Å². The van der Waals surface area contributed by atoms with Crippen molar-refractivity contribution in [2.24, 2.45) is 0 Å². The van der Waals surface area contributed by atoms with Crippen LogP contribution in [0.25, 0.3) is 11.6 Å². The van der Waals surface area contributed by atoms with E-state index in [0.717, 1.165) is 61.9 Å². The lowest BCUT2D eigenvalue weighted by molar-refractivity contribution is 0.103. The molecule has 2 aromatic carbocycles. The number of hydrogen-bond donors (Lipinski definition) is 4. The maximum absolute atomic E-state index is 13.6. The number of rotatable bonds is 1. The average molecular weight is 633 g/mol. The summed E-state index contributed by atoms with van der Waals surface area (Å²) in [7, 11) is 0. The molecule has 1 aliphatic heterocycles. The van der Waals surface area contributed by atoms with E-state index in [0.29, 0.717) is 0 Å². The molecule has 0 saturated carbocycles. The standard InChI is InChI=1S/C43H44N4O/c1-40(2)31-17-18-32(44-31)41(3,4)34-21-22-36(46-34)43(7,8)39-25(24-37(47-39)42(5,6)35-20-19-33(40)45-35)23-30-26-13-9-11-15-28(26)38(48)29-16-12-10-14-27(29)30/h9-24,44-47H,1-8H3. The van der Waals surface area contributed by atoms with Crippen LogP contribution >= 0.6 is 0 Å². The van der Waals surface area contributed by atoms with Crippen LogP contribution in [0, 0.1) is 0 Å². The molecule has 5 nitrogen and oxygen atoms in total. The summed E-state index contributed by atoms with van der Waals surface area (Å²) in [6.45, 7) is 18.2. The fraction of sp³-hybridized carbons (Fsp3) is 0.279. The maximum Gasteiger partial charge on any atom is 0.194 e. The lowest BCUT2D eigenvalue weighted by Gasteiger charge is -2.28. The van der Waals surface area contributed by atoms with Gasteiger partial charge < -0.3 is 19.9 Å². The molecule has 4 aromatic heterocycles. The highest BCUT2D eigenvalue weighted by Gasteiger charge is 2.38. The Morgan fingerprint density at radius 3 is 1.21 bits per heavy atom. The van der Waals surface area contributed by atoms with Gasteiger partial charge in [0.1, 0.15) is 0 Å². The number of H-pyrrole nitrogens is 4. The second-order valence-electron chi connectivity index (χ2n) is 15.8. The third-order valence-corrected chi connectivity index (χ3v) is 11.5. The van der Waals surface area contributed by atoms with Crippen molar-refractivity contribution in [3.05, 3.63) is 164 Å². The number of hydrogen-bond acceptors (Lipinski definition) is 1. The molecule has 2 aliphatic rings. The molecule has 0 radical (unpaired) electrons. The molecule has 242 valence electrons. The van der Waals surface area contributed by atoms with Crippen molar-refractivity contribution in [2.45, 2.75) is 77.0 Å². The highest BCUT2D eigenvalue weighted by atomic mass is 16.1. The summed E-state index contributed by atoms with van der Waals surface area (Å²) < 4.78 is 0. The van der Waals surface area contributed by atoms with Gasteiger partial charge in [-0.05, 0) is 126 Å². The zero-order chi connectivity index (χ0) is 33.8. The molecule has 8 rings (SSSR count). The van der Waals surface area contributed by atoms with E-state index in [4.69, 9.17) is 0 Å². The van der Waals surface area contributed by atoms with Gasteiger partial charge in [-0.2, -0.15) is 0 Å². The Bertz CT molecular complexity index is 2220. The highest BCUT2D eigenvalue weighted by Crippen LogP contribution is 2.44. The van der Waals surface area contributed by atoms with E-state index < -0.39 is 5.41 Å². The van der Waals surface area contributed by atoms with Crippen LogP contribution in [0.2, 0.25) is 0 Å². The summed E-state index contributed by atoms with van der Waals surface area (Å²) >= 11 is 0. The van der Waals surface area contributed by atoms with Crippen LogP contribution in [0.5, 0.6) is 0 Å².